The van der Waals surface area contributed by atoms with Gasteiger partial charge in [0.2, 0.25) is 0 Å². The van der Waals surface area contributed by atoms with Crippen molar-refractivity contribution in [1.29, 1.82) is 0 Å². The van der Waals surface area contributed by atoms with Crippen molar-refractivity contribution < 1.29 is 4.79 Å². The van der Waals surface area contributed by atoms with E-state index in [0.29, 0.717) is 17.6 Å². The summed E-state index contributed by atoms with van der Waals surface area (Å²) < 4.78 is 0. The number of rotatable bonds is 0. The van der Waals surface area contributed by atoms with E-state index in [2.05, 4.69) is 13.8 Å². The maximum atomic E-state index is 11.3. The predicted octanol–water partition coefficient (Wildman–Crippen LogP) is 2.79. The molecule has 0 aromatic heterocycles. The molecule has 0 N–H and O–H groups in total. The average Bonchev–Trinajstić information content (AvgIpc) is 1.83. The molecule has 11 heavy (non-hydrogen) atoms. The normalized spacial score (nSPS) is 34.5. The highest BCUT2D eigenvalue weighted by Gasteiger charge is 2.16. The molecule has 1 saturated carbocycles. The predicted molar refractivity (Wildman–Crippen MR) is 46.4 cm³/mol. The Hall–Kier alpha value is -0.330. The largest absolute Gasteiger partial charge is 0.300 e. The van der Waals surface area contributed by atoms with Crippen LogP contribution in [-0.4, -0.2) is 5.78 Å². The average molecular weight is 154 g/mol. The fourth-order valence-corrected chi connectivity index (χ4v) is 1.88. The van der Waals surface area contributed by atoms with E-state index in [-0.39, 0.29) is 0 Å². The molecule has 0 heterocycles. The molecule has 1 aliphatic rings. The molecule has 0 spiro atoms. The zero-order chi connectivity index (χ0) is 8.27. The highest BCUT2D eigenvalue weighted by atomic mass is 16.1. The zero-order valence-electron chi connectivity index (χ0n) is 7.60. The second-order valence-corrected chi connectivity index (χ2v) is 4.09. The van der Waals surface area contributed by atoms with E-state index in [1.54, 1.807) is 0 Å². The Morgan fingerprint density at radius 1 is 1.09 bits per heavy atom. The van der Waals surface area contributed by atoms with Crippen LogP contribution in [0.3, 0.4) is 0 Å². The third-order valence-electron chi connectivity index (χ3n) is 2.55. The smallest absolute Gasteiger partial charge is 0.133 e. The van der Waals surface area contributed by atoms with E-state index in [4.69, 9.17) is 0 Å². The molecule has 0 unspecified atom stereocenters. The summed E-state index contributed by atoms with van der Waals surface area (Å²) in [5.74, 6) is 1.75. The summed E-state index contributed by atoms with van der Waals surface area (Å²) in [7, 11) is 0. The van der Waals surface area contributed by atoms with Crippen LogP contribution >= 0.6 is 0 Å². The molecule has 0 amide bonds. The molecule has 0 aromatic carbocycles. The highest BCUT2D eigenvalue weighted by Crippen LogP contribution is 2.22. The van der Waals surface area contributed by atoms with E-state index < -0.39 is 0 Å². The maximum absolute atomic E-state index is 11.3. The summed E-state index contributed by atoms with van der Waals surface area (Å²) in [6.45, 7) is 4.38. The number of hydrogen-bond acceptors (Lipinski definition) is 1. The molecule has 1 aliphatic carbocycles. The summed E-state index contributed by atoms with van der Waals surface area (Å²) >= 11 is 0. The van der Waals surface area contributed by atoms with Crippen LogP contribution in [0.15, 0.2) is 0 Å². The van der Waals surface area contributed by atoms with Crippen molar-refractivity contribution in [2.24, 2.45) is 11.8 Å². The number of carbonyl (C=O) groups is 1. The van der Waals surface area contributed by atoms with Crippen LogP contribution in [0.25, 0.3) is 0 Å². The first-order valence-corrected chi connectivity index (χ1v) is 4.70. The van der Waals surface area contributed by atoms with Gasteiger partial charge < -0.3 is 0 Å². The van der Waals surface area contributed by atoms with Gasteiger partial charge in [-0.05, 0) is 11.8 Å². The van der Waals surface area contributed by atoms with Crippen molar-refractivity contribution in [2.75, 3.05) is 0 Å². The van der Waals surface area contributed by atoms with Gasteiger partial charge in [-0.1, -0.05) is 33.1 Å². The Kier molecular flexibility index (Phi) is 3.10. The summed E-state index contributed by atoms with van der Waals surface area (Å²) in [6, 6.07) is 0. The summed E-state index contributed by atoms with van der Waals surface area (Å²) in [5.41, 5.74) is 0. The summed E-state index contributed by atoms with van der Waals surface area (Å²) in [4.78, 5) is 11.3. The molecule has 0 aromatic rings. The van der Waals surface area contributed by atoms with Crippen molar-refractivity contribution in [3.63, 3.8) is 0 Å². The van der Waals surface area contributed by atoms with Crippen LogP contribution in [0.4, 0.5) is 0 Å². The molecule has 1 heteroatoms. The third-order valence-corrected chi connectivity index (χ3v) is 2.55. The van der Waals surface area contributed by atoms with Gasteiger partial charge >= 0.3 is 0 Å². The Bertz CT molecular complexity index is 126. The molecule has 64 valence electrons. The van der Waals surface area contributed by atoms with Gasteiger partial charge in [0.05, 0.1) is 0 Å². The lowest BCUT2D eigenvalue weighted by Gasteiger charge is -2.18. The topological polar surface area (TPSA) is 17.1 Å². The molecule has 0 saturated heterocycles. The minimum absolute atomic E-state index is 0.477. The Balaban J connectivity index is 2.41. The first-order valence-electron chi connectivity index (χ1n) is 4.70. The minimum atomic E-state index is 0.477. The van der Waals surface area contributed by atoms with Crippen molar-refractivity contribution in [2.45, 2.75) is 46.0 Å². The molecule has 1 nitrogen and oxygen atoms in total. The monoisotopic (exact) mass is 154 g/mol. The van der Waals surface area contributed by atoms with Crippen LogP contribution in [0, 0.1) is 11.8 Å². The fourth-order valence-electron chi connectivity index (χ4n) is 1.88. The van der Waals surface area contributed by atoms with Crippen LogP contribution < -0.4 is 0 Å². The van der Waals surface area contributed by atoms with Gasteiger partial charge in [-0.25, -0.2) is 0 Å². The first-order chi connectivity index (χ1) is 5.18. The zero-order valence-corrected chi connectivity index (χ0v) is 7.60. The SMILES string of the molecule is C[C@@H]1CCC[C@@H](C)CC(=O)C1. The van der Waals surface area contributed by atoms with E-state index in [9.17, 15) is 4.79 Å². The molecule has 0 aliphatic heterocycles. The van der Waals surface area contributed by atoms with Gasteiger partial charge in [0, 0.05) is 12.8 Å². The van der Waals surface area contributed by atoms with Crippen LogP contribution in [0.5, 0.6) is 0 Å². The molecule has 2 atom stereocenters. The number of Topliss-reactive ketones (excluding diaryl/α,β-unsaturated/α-hetero) is 1. The Morgan fingerprint density at radius 2 is 1.55 bits per heavy atom. The third kappa shape index (κ3) is 3.04. The lowest BCUT2D eigenvalue weighted by molar-refractivity contribution is -0.121. The standard InChI is InChI=1S/C10H18O/c1-8-4-3-5-9(2)7-10(11)6-8/h8-9H,3-7H2,1-2H3/t8-,9-/m1/s1. The minimum Gasteiger partial charge on any atom is -0.300 e. The quantitative estimate of drug-likeness (QED) is 0.524. The Labute approximate surface area is 69.2 Å². The van der Waals surface area contributed by atoms with Gasteiger partial charge in [0.1, 0.15) is 5.78 Å². The second kappa shape index (κ2) is 3.89. The van der Waals surface area contributed by atoms with Crippen LogP contribution in [-0.2, 0) is 4.79 Å². The first kappa shape index (κ1) is 8.76. The molecule has 0 radical (unpaired) electrons. The molecule has 0 bridgehead atoms. The van der Waals surface area contributed by atoms with Gasteiger partial charge in [-0.3, -0.25) is 4.79 Å². The van der Waals surface area contributed by atoms with Crippen molar-refractivity contribution in [1.82, 2.24) is 0 Å². The molecule has 1 fully saturated rings. The maximum Gasteiger partial charge on any atom is 0.133 e. The summed E-state index contributed by atoms with van der Waals surface area (Å²) in [5, 5.41) is 0. The molecular weight excluding hydrogens is 136 g/mol. The fraction of sp³-hybridized carbons (Fsp3) is 0.900. The van der Waals surface area contributed by atoms with Crippen LogP contribution in [0.1, 0.15) is 46.0 Å². The molecular formula is C10H18O. The van der Waals surface area contributed by atoms with Crippen LogP contribution in [0.2, 0.25) is 0 Å². The van der Waals surface area contributed by atoms with E-state index in [0.717, 1.165) is 12.8 Å². The molecule has 1 rings (SSSR count). The van der Waals surface area contributed by atoms with Gasteiger partial charge in [-0.2, -0.15) is 0 Å². The Morgan fingerprint density at radius 3 is 2.00 bits per heavy atom. The lowest BCUT2D eigenvalue weighted by atomic mass is 9.87. The number of hydrogen-bond donors (Lipinski definition) is 0. The number of carbonyl (C=O) groups excluding carboxylic acids is 1. The van der Waals surface area contributed by atoms with Gasteiger partial charge in [-0.15, -0.1) is 0 Å². The highest BCUT2D eigenvalue weighted by molar-refractivity contribution is 5.78. The summed E-state index contributed by atoms with van der Waals surface area (Å²) in [6.07, 6.45) is 5.45. The van der Waals surface area contributed by atoms with E-state index in [1.807, 2.05) is 0 Å². The van der Waals surface area contributed by atoms with Crippen molar-refractivity contribution >= 4 is 5.78 Å². The van der Waals surface area contributed by atoms with E-state index in [1.165, 1.54) is 19.3 Å². The second-order valence-electron chi connectivity index (χ2n) is 4.09. The van der Waals surface area contributed by atoms with Gasteiger partial charge in [0.15, 0.2) is 0 Å². The van der Waals surface area contributed by atoms with E-state index >= 15 is 0 Å². The number of ketones is 1. The lowest BCUT2D eigenvalue weighted by Crippen LogP contribution is -2.13. The van der Waals surface area contributed by atoms with Gasteiger partial charge in [0.25, 0.3) is 0 Å². The van der Waals surface area contributed by atoms with Crippen molar-refractivity contribution in [3.05, 3.63) is 0 Å². The van der Waals surface area contributed by atoms with Crippen molar-refractivity contribution in [3.8, 4) is 0 Å².